The number of amides is 2. The summed E-state index contributed by atoms with van der Waals surface area (Å²) >= 11 is 6.30. The fourth-order valence-electron chi connectivity index (χ4n) is 2.80. The lowest BCUT2D eigenvalue weighted by atomic mass is 9.87. The van der Waals surface area contributed by atoms with Crippen LogP contribution in [0.25, 0.3) is 0 Å². The van der Waals surface area contributed by atoms with Crippen LogP contribution in [0.15, 0.2) is 72.8 Å². The molecule has 0 spiro atoms. The lowest BCUT2D eigenvalue weighted by Crippen LogP contribution is -2.15. The minimum absolute atomic E-state index is 0.0303. The standard InChI is InChI=1S/C24H23ClN2O2/c1-24(2,3)18-11-9-17(10-12-18)22(28)26-19-13-14-21(20(25)15-19)27-23(29)16-7-5-4-6-8-16/h4-15H,1-3H3,(H,26,28)(H,27,29). The number of nitrogens with one attached hydrogen (secondary N) is 2. The Hall–Kier alpha value is -3.11. The van der Waals surface area contributed by atoms with Crippen molar-refractivity contribution in [3.05, 3.63) is 94.5 Å². The fourth-order valence-corrected chi connectivity index (χ4v) is 3.03. The Bertz CT molecular complexity index is 1020. The highest BCUT2D eigenvalue weighted by molar-refractivity contribution is 6.34. The van der Waals surface area contributed by atoms with Gasteiger partial charge in [-0.25, -0.2) is 0 Å². The summed E-state index contributed by atoms with van der Waals surface area (Å²) in [5.41, 5.74) is 3.33. The minimum Gasteiger partial charge on any atom is -0.322 e. The highest BCUT2D eigenvalue weighted by Gasteiger charge is 2.15. The molecule has 5 heteroatoms. The summed E-state index contributed by atoms with van der Waals surface area (Å²) in [5, 5.41) is 5.95. The highest BCUT2D eigenvalue weighted by atomic mass is 35.5. The number of halogens is 1. The maximum Gasteiger partial charge on any atom is 0.255 e. The van der Waals surface area contributed by atoms with Crippen LogP contribution in [0.1, 0.15) is 47.1 Å². The van der Waals surface area contributed by atoms with Gasteiger partial charge in [-0.15, -0.1) is 0 Å². The number of rotatable bonds is 4. The molecule has 0 heterocycles. The minimum atomic E-state index is -0.247. The molecule has 2 N–H and O–H groups in total. The van der Waals surface area contributed by atoms with Crippen molar-refractivity contribution in [1.29, 1.82) is 0 Å². The largest absolute Gasteiger partial charge is 0.322 e. The van der Waals surface area contributed by atoms with E-state index in [1.807, 2.05) is 30.3 Å². The van der Waals surface area contributed by atoms with Crippen LogP contribution < -0.4 is 10.6 Å². The number of carbonyl (C=O) groups is 2. The molecule has 0 saturated carbocycles. The van der Waals surface area contributed by atoms with Gasteiger partial charge >= 0.3 is 0 Å². The molecule has 0 unspecified atom stereocenters. The van der Waals surface area contributed by atoms with Gasteiger partial charge < -0.3 is 10.6 Å². The van der Waals surface area contributed by atoms with Crippen LogP contribution in [-0.2, 0) is 5.41 Å². The molecular formula is C24H23ClN2O2. The van der Waals surface area contributed by atoms with Crippen molar-refractivity contribution < 1.29 is 9.59 Å². The lowest BCUT2D eigenvalue weighted by molar-refractivity contribution is 0.101. The molecule has 0 fully saturated rings. The first-order valence-corrected chi connectivity index (χ1v) is 9.70. The molecule has 0 saturated heterocycles. The Morgan fingerprint density at radius 2 is 1.34 bits per heavy atom. The average Bonchev–Trinajstić information content (AvgIpc) is 2.70. The summed E-state index contributed by atoms with van der Waals surface area (Å²) in [6, 6.07) is 21.4. The normalized spacial score (nSPS) is 11.0. The Kier molecular flexibility index (Phi) is 6.04. The zero-order valence-corrected chi connectivity index (χ0v) is 17.4. The van der Waals surface area contributed by atoms with Crippen LogP contribution >= 0.6 is 11.6 Å². The molecule has 3 rings (SSSR count). The van der Waals surface area contributed by atoms with Crippen LogP contribution in [0.3, 0.4) is 0 Å². The molecular weight excluding hydrogens is 384 g/mol. The Morgan fingerprint density at radius 3 is 1.93 bits per heavy atom. The zero-order chi connectivity index (χ0) is 21.0. The molecule has 0 aliphatic carbocycles. The average molecular weight is 407 g/mol. The van der Waals surface area contributed by atoms with Crippen molar-refractivity contribution in [1.82, 2.24) is 0 Å². The Morgan fingerprint density at radius 1 is 0.759 bits per heavy atom. The molecule has 0 radical (unpaired) electrons. The zero-order valence-electron chi connectivity index (χ0n) is 16.6. The third-order valence-electron chi connectivity index (χ3n) is 4.52. The second-order valence-electron chi connectivity index (χ2n) is 7.80. The number of hydrogen-bond donors (Lipinski definition) is 2. The van der Waals surface area contributed by atoms with E-state index < -0.39 is 0 Å². The molecule has 3 aromatic rings. The van der Waals surface area contributed by atoms with Gasteiger partial charge in [0, 0.05) is 16.8 Å². The molecule has 3 aromatic carbocycles. The van der Waals surface area contributed by atoms with E-state index >= 15 is 0 Å². The van der Waals surface area contributed by atoms with E-state index in [-0.39, 0.29) is 17.2 Å². The molecule has 2 amide bonds. The van der Waals surface area contributed by atoms with E-state index in [1.54, 1.807) is 42.5 Å². The molecule has 148 valence electrons. The van der Waals surface area contributed by atoms with Crippen LogP contribution in [-0.4, -0.2) is 11.8 Å². The topological polar surface area (TPSA) is 58.2 Å². The maximum atomic E-state index is 12.5. The van der Waals surface area contributed by atoms with Gasteiger partial charge in [-0.1, -0.05) is 62.7 Å². The van der Waals surface area contributed by atoms with Crippen molar-refractivity contribution in [2.45, 2.75) is 26.2 Å². The fraction of sp³-hybridized carbons (Fsp3) is 0.167. The lowest BCUT2D eigenvalue weighted by Gasteiger charge is -2.19. The first-order chi connectivity index (χ1) is 13.7. The van der Waals surface area contributed by atoms with Crippen molar-refractivity contribution >= 4 is 34.8 Å². The Balaban J connectivity index is 1.68. The summed E-state index contributed by atoms with van der Waals surface area (Å²) < 4.78 is 0. The van der Waals surface area contributed by atoms with Crippen molar-refractivity contribution in [3.63, 3.8) is 0 Å². The number of benzene rings is 3. The van der Waals surface area contributed by atoms with Crippen LogP contribution in [0, 0.1) is 0 Å². The third kappa shape index (κ3) is 5.24. The predicted molar refractivity (Wildman–Crippen MR) is 119 cm³/mol. The van der Waals surface area contributed by atoms with E-state index in [4.69, 9.17) is 11.6 Å². The van der Waals surface area contributed by atoms with Crippen molar-refractivity contribution in [2.24, 2.45) is 0 Å². The summed E-state index contributed by atoms with van der Waals surface area (Å²) in [4.78, 5) is 24.8. The van der Waals surface area contributed by atoms with Gasteiger partial charge in [0.15, 0.2) is 0 Å². The van der Waals surface area contributed by atoms with Crippen LogP contribution in [0.2, 0.25) is 5.02 Å². The summed E-state index contributed by atoms with van der Waals surface area (Å²) in [5.74, 6) is -0.467. The summed E-state index contributed by atoms with van der Waals surface area (Å²) in [6.45, 7) is 6.38. The molecule has 0 aliphatic rings. The summed E-state index contributed by atoms with van der Waals surface area (Å²) in [7, 11) is 0. The van der Waals surface area contributed by atoms with Gasteiger partial charge in [-0.05, 0) is 53.4 Å². The van der Waals surface area contributed by atoms with E-state index in [2.05, 4.69) is 31.4 Å². The molecule has 29 heavy (non-hydrogen) atoms. The van der Waals surface area contributed by atoms with Gasteiger partial charge in [0.1, 0.15) is 0 Å². The van der Waals surface area contributed by atoms with Gasteiger partial charge in [0.2, 0.25) is 0 Å². The highest BCUT2D eigenvalue weighted by Crippen LogP contribution is 2.27. The van der Waals surface area contributed by atoms with Crippen LogP contribution in [0.5, 0.6) is 0 Å². The third-order valence-corrected chi connectivity index (χ3v) is 4.84. The van der Waals surface area contributed by atoms with Gasteiger partial charge in [0.25, 0.3) is 11.8 Å². The summed E-state index contributed by atoms with van der Waals surface area (Å²) in [6.07, 6.45) is 0. The SMILES string of the molecule is CC(C)(C)c1ccc(C(=O)Nc2ccc(NC(=O)c3ccccc3)c(Cl)c2)cc1. The Labute approximate surface area is 175 Å². The van der Waals surface area contributed by atoms with Crippen molar-refractivity contribution in [3.8, 4) is 0 Å². The molecule has 4 nitrogen and oxygen atoms in total. The van der Waals surface area contributed by atoms with E-state index in [0.29, 0.717) is 27.5 Å². The predicted octanol–water partition coefficient (Wildman–Crippen LogP) is 6.14. The number of carbonyl (C=O) groups excluding carboxylic acids is 2. The molecule has 0 atom stereocenters. The van der Waals surface area contributed by atoms with E-state index in [1.165, 1.54) is 0 Å². The molecule has 0 aromatic heterocycles. The smallest absolute Gasteiger partial charge is 0.255 e. The quantitative estimate of drug-likeness (QED) is 0.546. The van der Waals surface area contributed by atoms with Gasteiger partial charge in [-0.2, -0.15) is 0 Å². The van der Waals surface area contributed by atoms with E-state index in [9.17, 15) is 9.59 Å². The monoisotopic (exact) mass is 406 g/mol. The molecule has 0 aliphatic heterocycles. The second kappa shape index (κ2) is 8.50. The van der Waals surface area contributed by atoms with Gasteiger partial charge in [-0.3, -0.25) is 9.59 Å². The van der Waals surface area contributed by atoms with E-state index in [0.717, 1.165) is 5.56 Å². The molecule has 0 bridgehead atoms. The van der Waals surface area contributed by atoms with Crippen molar-refractivity contribution in [2.75, 3.05) is 10.6 Å². The first kappa shape index (κ1) is 20.6. The second-order valence-corrected chi connectivity index (χ2v) is 8.20. The first-order valence-electron chi connectivity index (χ1n) is 9.32. The number of hydrogen-bond acceptors (Lipinski definition) is 2. The number of anilines is 2. The van der Waals surface area contributed by atoms with Crippen LogP contribution in [0.4, 0.5) is 11.4 Å². The maximum absolute atomic E-state index is 12.5. The van der Waals surface area contributed by atoms with Gasteiger partial charge in [0.05, 0.1) is 10.7 Å².